The minimum absolute atomic E-state index is 0.00673. The summed E-state index contributed by atoms with van der Waals surface area (Å²) in [5, 5.41) is 2.94. The van der Waals surface area contributed by atoms with Gasteiger partial charge in [0.2, 0.25) is 5.91 Å². The number of alkyl halides is 1. The van der Waals surface area contributed by atoms with E-state index in [0.717, 1.165) is 12.8 Å². The van der Waals surface area contributed by atoms with Crippen LogP contribution in [0, 0.1) is 5.92 Å². The molecule has 0 radical (unpaired) electrons. The summed E-state index contributed by atoms with van der Waals surface area (Å²) in [5.41, 5.74) is 0. The predicted octanol–water partition coefficient (Wildman–Crippen LogP) is 1.55. The van der Waals surface area contributed by atoms with Gasteiger partial charge in [-0.1, -0.05) is 6.92 Å². The topological polar surface area (TPSA) is 38.3 Å². The molecule has 0 aromatic rings. The van der Waals surface area contributed by atoms with E-state index in [-0.39, 0.29) is 24.0 Å². The van der Waals surface area contributed by atoms with Gasteiger partial charge in [0.25, 0.3) is 0 Å². The van der Waals surface area contributed by atoms with Crippen LogP contribution in [-0.2, 0) is 9.53 Å². The fourth-order valence-corrected chi connectivity index (χ4v) is 1.93. The van der Waals surface area contributed by atoms with E-state index in [4.69, 9.17) is 16.3 Å². The van der Waals surface area contributed by atoms with Crippen molar-refractivity contribution in [2.24, 2.45) is 5.92 Å². The van der Waals surface area contributed by atoms with Crippen LogP contribution >= 0.6 is 11.6 Å². The fraction of sp³-hybridized carbons (Fsp3) is 0.900. The second-order valence-electron chi connectivity index (χ2n) is 3.74. The lowest BCUT2D eigenvalue weighted by molar-refractivity contribution is -0.126. The first-order valence-electron chi connectivity index (χ1n) is 5.17. The van der Waals surface area contributed by atoms with Gasteiger partial charge < -0.3 is 10.1 Å². The predicted molar refractivity (Wildman–Crippen MR) is 56.5 cm³/mol. The zero-order chi connectivity index (χ0) is 10.6. The number of nitrogens with one attached hydrogen (secondary N) is 1. The van der Waals surface area contributed by atoms with Crippen LogP contribution in [0.3, 0.4) is 0 Å². The Balaban J connectivity index is 2.40. The average Bonchev–Trinajstić information content (AvgIpc) is 2.60. The first-order valence-corrected chi connectivity index (χ1v) is 5.70. The van der Waals surface area contributed by atoms with Crippen LogP contribution in [0.25, 0.3) is 0 Å². The maximum absolute atomic E-state index is 11.7. The molecule has 3 nitrogen and oxygen atoms in total. The summed E-state index contributed by atoms with van der Waals surface area (Å²) in [6.07, 6.45) is 1.74. The first-order chi connectivity index (χ1) is 6.69. The highest BCUT2D eigenvalue weighted by Gasteiger charge is 2.31. The molecule has 3 unspecified atom stereocenters. The van der Waals surface area contributed by atoms with Gasteiger partial charge >= 0.3 is 0 Å². The van der Waals surface area contributed by atoms with Crippen molar-refractivity contribution in [3.05, 3.63) is 0 Å². The van der Waals surface area contributed by atoms with Gasteiger partial charge in [-0.25, -0.2) is 0 Å². The summed E-state index contributed by atoms with van der Waals surface area (Å²) in [7, 11) is 0. The summed E-state index contributed by atoms with van der Waals surface area (Å²) in [6.45, 7) is 4.65. The minimum atomic E-state index is 0.00673. The largest absolute Gasteiger partial charge is 0.378 e. The Bertz CT molecular complexity index is 195. The van der Waals surface area contributed by atoms with Crippen molar-refractivity contribution in [1.29, 1.82) is 0 Å². The molecule has 1 fully saturated rings. The van der Waals surface area contributed by atoms with Crippen LogP contribution in [0.15, 0.2) is 0 Å². The number of hydrogen-bond donors (Lipinski definition) is 1. The number of halogens is 1. The van der Waals surface area contributed by atoms with E-state index in [1.54, 1.807) is 0 Å². The van der Waals surface area contributed by atoms with Crippen LogP contribution in [0.4, 0.5) is 0 Å². The Hall–Kier alpha value is -0.280. The average molecular weight is 220 g/mol. The van der Waals surface area contributed by atoms with E-state index < -0.39 is 0 Å². The molecule has 3 atom stereocenters. The number of rotatable bonds is 4. The molecular formula is C10H18ClNO2. The van der Waals surface area contributed by atoms with Gasteiger partial charge in [0, 0.05) is 18.5 Å². The Kier molecular flexibility index (Phi) is 4.69. The molecule has 1 amide bonds. The number of amides is 1. The van der Waals surface area contributed by atoms with E-state index in [9.17, 15) is 4.79 Å². The first kappa shape index (κ1) is 11.8. The van der Waals surface area contributed by atoms with E-state index in [1.165, 1.54) is 0 Å². The van der Waals surface area contributed by atoms with Crippen LogP contribution in [-0.4, -0.2) is 30.5 Å². The SMILES string of the molecule is CCC(CCl)NC(=O)C1CCOC1C. The molecule has 1 heterocycles. The van der Waals surface area contributed by atoms with Crippen LogP contribution in [0.2, 0.25) is 0 Å². The Labute approximate surface area is 90.1 Å². The maximum atomic E-state index is 11.7. The van der Waals surface area contributed by atoms with Crippen LogP contribution in [0.1, 0.15) is 26.7 Å². The minimum Gasteiger partial charge on any atom is -0.378 e. The number of ether oxygens (including phenoxy) is 1. The van der Waals surface area contributed by atoms with Gasteiger partial charge in [0.1, 0.15) is 0 Å². The van der Waals surface area contributed by atoms with Crippen molar-refractivity contribution < 1.29 is 9.53 Å². The zero-order valence-corrected chi connectivity index (χ0v) is 9.51. The lowest BCUT2D eigenvalue weighted by Gasteiger charge is -2.18. The molecule has 1 saturated heterocycles. The molecule has 0 aliphatic carbocycles. The molecule has 14 heavy (non-hydrogen) atoms. The summed E-state index contributed by atoms with van der Waals surface area (Å²) in [6, 6.07) is 0.0944. The molecule has 0 aromatic carbocycles. The smallest absolute Gasteiger partial charge is 0.226 e. The summed E-state index contributed by atoms with van der Waals surface area (Å²) >= 11 is 5.71. The summed E-state index contributed by atoms with van der Waals surface area (Å²) in [4.78, 5) is 11.7. The highest BCUT2D eigenvalue weighted by molar-refractivity contribution is 6.18. The summed E-state index contributed by atoms with van der Waals surface area (Å²) in [5.74, 6) is 0.569. The molecule has 0 aromatic heterocycles. The molecule has 0 saturated carbocycles. The quantitative estimate of drug-likeness (QED) is 0.729. The van der Waals surface area contributed by atoms with Gasteiger partial charge in [0.15, 0.2) is 0 Å². The summed E-state index contributed by atoms with van der Waals surface area (Å²) < 4.78 is 5.34. The third-order valence-corrected chi connectivity index (χ3v) is 3.11. The lowest BCUT2D eigenvalue weighted by Crippen LogP contribution is -2.41. The third kappa shape index (κ3) is 2.85. The molecule has 1 aliphatic rings. The normalized spacial score (nSPS) is 28.8. The second kappa shape index (κ2) is 5.56. The lowest BCUT2D eigenvalue weighted by atomic mass is 10.0. The molecule has 4 heteroatoms. The van der Waals surface area contributed by atoms with Gasteiger partial charge in [-0.15, -0.1) is 11.6 Å². The number of hydrogen-bond acceptors (Lipinski definition) is 2. The highest BCUT2D eigenvalue weighted by Crippen LogP contribution is 2.20. The van der Waals surface area contributed by atoms with Crippen molar-refractivity contribution in [2.75, 3.05) is 12.5 Å². The monoisotopic (exact) mass is 219 g/mol. The Morgan fingerprint density at radius 3 is 2.86 bits per heavy atom. The molecule has 0 spiro atoms. The third-order valence-electron chi connectivity index (χ3n) is 2.74. The molecule has 1 N–H and O–H groups in total. The number of carbonyl (C=O) groups is 1. The van der Waals surface area contributed by atoms with E-state index in [1.807, 2.05) is 13.8 Å². The number of carbonyl (C=O) groups excluding carboxylic acids is 1. The Morgan fingerprint density at radius 1 is 1.71 bits per heavy atom. The van der Waals surface area contributed by atoms with Gasteiger partial charge in [-0.05, 0) is 19.8 Å². The van der Waals surface area contributed by atoms with E-state index in [0.29, 0.717) is 12.5 Å². The second-order valence-corrected chi connectivity index (χ2v) is 4.05. The van der Waals surface area contributed by atoms with Crippen molar-refractivity contribution in [3.8, 4) is 0 Å². The van der Waals surface area contributed by atoms with Crippen molar-refractivity contribution in [2.45, 2.75) is 38.8 Å². The van der Waals surface area contributed by atoms with Gasteiger partial charge in [0.05, 0.1) is 12.0 Å². The standard InChI is InChI=1S/C10H18ClNO2/c1-3-8(6-11)12-10(13)9-4-5-14-7(9)2/h7-9H,3-6H2,1-2H3,(H,12,13). The van der Waals surface area contributed by atoms with E-state index in [2.05, 4.69) is 5.32 Å². The fourth-order valence-electron chi connectivity index (χ4n) is 1.63. The highest BCUT2D eigenvalue weighted by atomic mass is 35.5. The molecule has 1 aliphatic heterocycles. The van der Waals surface area contributed by atoms with Crippen molar-refractivity contribution >= 4 is 17.5 Å². The molecule has 82 valence electrons. The van der Waals surface area contributed by atoms with Crippen LogP contribution in [0.5, 0.6) is 0 Å². The van der Waals surface area contributed by atoms with E-state index >= 15 is 0 Å². The zero-order valence-electron chi connectivity index (χ0n) is 8.75. The molecule has 1 rings (SSSR count). The van der Waals surface area contributed by atoms with Gasteiger partial charge in [-0.2, -0.15) is 0 Å². The molecular weight excluding hydrogens is 202 g/mol. The molecule has 0 bridgehead atoms. The van der Waals surface area contributed by atoms with Crippen molar-refractivity contribution in [3.63, 3.8) is 0 Å². The maximum Gasteiger partial charge on any atom is 0.226 e. The Morgan fingerprint density at radius 2 is 2.43 bits per heavy atom. The van der Waals surface area contributed by atoms with Crippen molar-refractivity contribution in [1.82, 2.24) is 5.32 Å². The van der Waals surface area contributed by atoms with Crippen LogP contribution < -0.4 is 5.32 Å². The van der Waals surface area contributed by atoms with Gasteiger partial charge in [-0.3, -0.25) is 4.79 Å².